The van der Waals surface area contributed by atoms with Gasteiger partial charge in [0, 0.05) is 0 Å². The monoisotopic (exact) mass is 470 g/mol. The first-order valence-electron chi connectivity index (χ1n) is 14.2. The molecule has 4 rings (SSSR count). The van der Waals surface area contributed by atoms with Gasteiger partial charge in [0.1, 0.15) is 0 Å². The number of allylic oxidation sites excluding steroid dienone is 2. The van der Waals surface area contributed by atoms with Crippen LogP contribution in [0, 0.1) is 0 Å². The van der Waals surface area contributed by atoms with E-state index in [2.05, 4.69) is 74.5 Å². The molecular weight excluding hydrogens is 408 g/mol. The van der Waals surface area contributed by atoms with E-state index in [1.54, 1.807) is 0 Å². The zero-order valence-electron chi connectivity index (χ0n) is 26.2. The van der Waals surface area contributed by atoms with Gasteiger partial charge in [-0.1, -0.05) is 169 Å². The lowest BCUT2D eigenvalue weighted by Gasteiger charge is -1.93. The molecule has 2 aliphatic rings. The minimum Gasteiger partial charge on any atom is -0.0683 e. The Morgan fingerprint density at radius 2 is 0.618 bits per heavy atom. The van der Waals surface area contributed by atoms with Gasteiger partial charge >= 0.3 is 0 Å². The molecule has 0 aromatic heterocycles. The fourth-order valence-electron chi connectivity index (χ4n) is 2.91. The van der Waals surface area contributed by atoms with Crippen molar-refractivity contribution in [3.05, 3.63) is 81.9 Å². The normalized spacial score (nSPS) is 9.88. The molecule has 0 bridgehead atoms. The maximum atomic E-state index is 2.26. The second-order valence-corrected chi connectivity index (χ2v) is 5.73. The van der Waals surface area contributed by atoms with Gasteiger partial charge in [-0.05, 0) is 48.9 Å². The summed E-state index contributed by atoms with van der Waals surface area (Å²) in [6.45, 7) is 32.4. The highest BCUT2D eigenvalue weighted by atomic mass is 14.1. The third-order valence-corrected chi connectivity index (χ3v) is 3.85. The molecule has 0 atom stereocenters. The fourth-order valence-corrected chi connectivity index (χ4v) is 2.91. The van der Waals surface area contributed by atoms with Crippen molar-refractivity contribution in [1.82, 2.24) is 0 Å². The van der Waals surface area contributed by atoms with E-state index in [-0.39, 0.29) is 0 Å². The minimum atomic E-state index is 1.15. The van der Waals surface area contributed by atoms with Crippen molar-refractivity contribution in [1.29, 1.82) is 0 Å². The van der Waals surface area contributed by atoms with Gasteiger partial charge in [-0.25, -0.2) is 0 Å². The molecule has 0 nitrogen and oxygen atoms in total. The molecule has 0 unspecified atom stereocenters. The van der Waals surface area contributed by atoms with Gasteiger partial charge < -0.3 is 0 Å². The molecule has 0 spiro atoms. The van der Waals surface area contributed by atoms with Gasteiger partial charge in [0.25, 0.3) is 0 Å². The van der Waals surface area contributed by atoms with Crippen molar-refractivity contribution in [2.45, 2.75) is 124 Å². The Bertz CT molecular complexity index is 625. The highest BCUT2D eigenvalue weighted by molar-refractivity contribution is 5.63. The summed E-state index contributed by atoms with van der Waals surface area (Å²) in [6, 6.07) is 17.1. The van der Waals surface area contributed by atoms with E-state index in [1.807, 2.05) is 96.9 Å². The molecule has 34 heavy (non-hydrogen) atoms. The average Bonchev–Trinajstić information content (AvgIpc) is 3.53. The maximum absolute atomic E-state index is 2.26. The first kappa shape index (κ1) is 42.1. The van der Waals surface area contributed by atoms with Crippen LogP contribution in [0.3, 0.4) is 0 Å². The molecule has 2 aromatic carbocycles. The van der Waals surface area contributed by atoms with E-state index in [0.717, 1.165) is 12.8 Å². The molecule has 198 valence electrons. The van der Waals surface area contributed by atoms with Crippen LogP contribution in [-0.4, -0.2) is 0 Å². The van der Waals surface area contributed by atoms with Gasteiger partial charge in [0.05, 0.1) is 0 Å². The molecule has 0 aliphatic heterocycles. The van der Waals surface area contributed by atoms with Crippen LogP contribution in [-0.2, 0) is 12.8 Å². The van der Waals surface area contributed by atoms with Crippen molar-refractivity contribution in [3.63, 3.8) is 0 Å². The smallest absolute Gasteiger partial charge is 0.00606 e. The van der Waals surface area contributed by atoms with Crippen LogP contribution < -0.4 is 0 Å². The Balaban J connectivity index is -0.000000110. The Kier molecular flexibility index (Phi) is 44.0. The fraction of sp³-hybridized carbons (Fsp3) is 0.529. The van der Waals surface area contributed by atoms with Crippen LogP contribution in [0.1, 0.15) is 133 Å². The zero-order valence-corrected chi connectivity index (χ0v) is 26.2. The van der Waals surface area contributed by atoms with Crippen molar-refractivity contribution >= 4 is 12.2 Å². The highest BCUT2D eigenvalue weighted by Gasteiger charge is 2.07. The molecule has 0 heteroatoms. The molecule has 0 amide bonds. The Morgan fingerprint density at radius 1 is 0.382 bits per heavy atom. The van der Waals surface area contributed by atoms with Crippen LogP contribution in [0.15, 0.2) is 59.7 Å². The molecule has 0 radical (unpaired) electrons. The highest BCUT2D eigenvalue weighted by Crippen LogP contribution is 2.24. The van der Waals surface area contributed by atoms with Crippen molar-refractivity contribution in [3.8, 4) is 0 Å². The molecular formula is C34H62. The molecule has 0 saturated heterocycles. The number of rotatable bonds is 0. The van der Waals surface area contributed by atoms with Gasteiger partial charge in [-0.15, -0.1) is 0 Å². The van der Waals surface area contributed by atoms with Crippen molar-refractivity contribution in [2.24, 2.45) is 0 Å². The van der Waals surface area contributed by atoms with E-state index >= 15 is 0 Å². The number of fused-ring (bicyclic) bond motifs is 2. The first-order chi connectivity index (χ1) is 16.7. The van der Waals surface area contributed by atoms with Crippen LogP contribution in [0.2, 0.25) is 0 Å². The maximum Gasteiger partial charge on any atom is -0.00606 e. The summed E-state index contributed by atoms with van der Waals surface area (Å²) in [4.78, 5) is 0. The quantitative estimate of drug-likeness (QED) is 0.359. The third kappa shape index (κ3) is 19.4. The average molecular weight is 471 g/mol. The topological polar surface area (TPSA) is 0 Å². The molecule has 2 aliphatic carbocycles. The largest absolute Gasteiger partial charge is 0.0683 e. The summed E-state index contributed by atoms with van der Waals surface area (Å²) in [5.41, 5.74) is 8.70. The number of hydrogen-bond donors (Lipinski definition) is 0. The van der Waals surface area contributed by atoms with Crippen LogP contribution >= 0.6 is 0 Å². The van der Waals surface area contributed by atoms with E-state index in [4.69, 9.17) is 0 Å². The van der Waals surface area contributed by atoms with Gasteiger partial charge in [0.15, 0.2) is 0 Å². The summed E-state index contributed by atoms with van der Waals surface area (Å²) < 4.78 is 0. The van der Waals surface area contributed by atoms with Crippen LogP contribution in [0.25, 0.3) is 12.2 Å². The van der Waals surface area contributed by atoms with Gasteiger partial charge in [-0.2, -0.15) is 0 Å². The standard InChI is InChI=1S/2C10H10.7C2H6/c2*1-8-6-9-4-2-3-5-10(9)7-8;7*1-2/h2*2-6H,7H2,1H3;7*1-2H3. The van der Waals surface area contributed by atoms with Crippen LogP contribution in [0.5, 0.6) is 0 Å². The predicted molar refractivity (Wildman–Crippen MR) is 167 cm³/mol. The van der Waals surface area contributed by atoms with E-state index < -0.39 is 0 Å². The summed E-state index contributed by atoms with van der Waals surface area (Å²) in [5, 5.41) is 0. The molecule has 0 heterocycles. The van der Waals surface area contributed by atoms with Gasteiger partial charge in [-0.3, -0.25) is 0 Å². The SMILES string of the molecule is CC.CC.CC.CC.CC.CC.CC.CC1=Cc2ccccc2C1.CC1=Cc2ccccc2C1. The summed E-state index contributed by atoms with van der Waals surface area (Å²) >= 11 is 0. The van der Waals surface area contributed by atoms with E-state index in [9.17, 15) is 0 Å². The first-order valence-corrected chi connectivity index (χ1v) is 14.2. The molecule has 0 saturated carbocycles. The molecule has 0 N–H and O–H groups in total. The van der Waals surface area contributed by atoms with Crippen molar-refractivity contribution in [2.75, 3.05) is 0 Å². The lowest BCUT2D eigenvalue weighted by molar-refractivity contribution is 1.20. The van der Waals surface area contributed by atoms with E-state index in [0.29, 0.717) is 0 Å². The number of benzene rings is 2. The summed E-state index contributed by atoms with van der Waals surface area (Å²) in [5.74, 6) is 0. The van der Waals surface area contributed by atoms with Crippen molar-refractivity contribution < 1.29 is 0 Å². The summed E-state index contributed by atoms with van der Waals surface area (Å²) in [6.07, 6.45) is 6.82. The third-order valence-electron chi connectivity index (χ3n) is 3.85. The Morgan fingerprint density at radius 3 is 0.853 bits per heavy atom. The second-order valence-electron chi connectivity index (χ2n) is 5.73. The lowest BCUT2D eigenvalue weighted by atomic mass is 10.1. The second kappa shape index (κ2) is 35.5. The zero-order chi connectivity index (χ0) is 27.9. The minimum absolute atomic E-state index is 1.15. The molecule has 2 aromatic rings. The summed E-state index contributed by atoms with van der Waals surface area (Å²) in [7, 11) is 0. The Hall–Kier alpha value is -2.08. The molecule has 0 fully saturated rings. The van der Waals surface area contributed by atoms with E-state index in [1.165, 1.54) is 33.4 Å². The lowest BCUT2D eigenvalue weighted by Crippen LogP contribution is -1.79. The van der Waals surface area contributed by atoms with Gasteiger partial charge in [0.2, 0.25) is 0 Å². The predicted octanol–water partition coefficient (Wildman–Crippen LogP) is 12.5. The Labute approximate surface area is 217 Å². The number of hydrogen-bond acceptors (Lipinski definition) is 0. The van der Waals surface area contributed by atoms with Crippen LogP contribution in [0.4, 0.5) is 0 Å².